The summed E-state index contributed by atoms with van der Waals surface area (Å²) in [6, 6.07) is 8.65. The lowest BCUT2D eigenvalue weighted by Gasteiger charge is -2.07. The van der Waals surface area contributed by atoms with Gasteiger partial charge in [-0.1, -0.05) is 13.0 Å². The van der Waals surface area contributed by atoms with Crippen LogP contribution in [0.25, 0.3) is 0 Å². The third-order valence-corrected chi connectivity index (χ3v) is 3.35. The first-order valence-electron chi connectivity index (χ1n) is 6.41. The van der Waals surface area contributed by atoms with E-state index < -0.39 is 0 Å². The van der Waals surface area contributed by atoms with Gasteiger partial charge in [0.15, 0.2) is 0 Å². The van der Waals surface area contributed by atoms with E-state index in [1.165, 1.54) is 6.07 Å². The van der Waals surface area contributed by atoms with Crippen molar-refractivity contribution in [3.05, 3.63) is 58.1 Å². The summed E-state index contributed by atoms with van der Waals surface area (Å²) in [7, 11) is 0. The molecule has 3 nitrogen and oxygen atoms in total. The number of benzene rings is 1. The van der Waals surface area contributed by atoms with Crippen LogP contribution in [0.5, 0.6) is 5.75 Å². The number of hydrogen-bond acceptors (Lipinski definition) is 3. The molecule has 0 bridgehead atoms. The first kappa shape index (κ1) is 14.9. The molecule has 0 unspecified atom stereocenters. The van der Waals surface area contributed by atoms with E-state index in [1.807, 2.05) is 12.1 Å². The Balaban J connectivity index is 1.91. The highest BCUT2D eigenvalue weighted by Crippen LogP contribution is 2.18. The molecule has 1 N–H and O–H groups in total. The molecule has 0 aliphatic rings. The van der Waals surface area contributed by atoms with Crippen molar-refractivity contribution in [2.24, 2.45) is 0 Å². The van der Waals surface area contributed by atoms with Gasteiger partial charge in [-0.3, -0.25) is 4.98 Å². The average Bonchev–Trinajstić information content (AvgIpc) is 2.47. The van der Waals surface area contributed by atoms with Gasteiger partial charge in [0.25, 0.3) is 0 Å². The predicted octanol–water partition coefficient (Wildman–Crippen LogP) is 3.67. The summed E-state index contributed by atoms with van der Waals surface area (Å²) in [5.74, 6) is 0.425. The number of halogens is 2. The Morgan fingerprint density at radius 3 is 2.80 bits per heavy atom. The Labute approximate surface area is 126 Å². The van der Waals surface area contributed by atoms with Gasteiger partial charge in [-0.2, -0.15) is 0 Å². The van der Waals surface area contributed by atoms with Crippen molar-refractivity contribution in [1.82, 2.24) is 10.3 Å². The highest BCUT2D eigenvalue weighted by molar-refractivity contribution is 9.10. The van der Waals surface area contributed by atoms with E-state index in [2.05, 4.69) is 33.2 Å². The van der Waals surface area contributed by atoms with Gasteiger partial charge >= 0.3 is 0 Å². The molecule has 1 aromatic heterocycles. The molecule has 2 rings (SSSR count). The number of ether oxygens (including phenoxy) is 1. The van der Waals surface area contributed by atoms with Gasteiger partial charge in [0, 0.05) is 6.54 Å². The lowest BCUT2D eigenvalue weighted by atomic mass is 10.2. The molecule has 0 radical (unpaired) electrons. The van der Waals surface area contributed by atoms with Crippen LogP contribution in [0.1, 0.15) is 18.2 Å². The van der Waals surface area contributed by atoms with Crippen LogP contribution in [0, 0.1) is 5.82 Å². The Kier molecular flexibility index (Phi) is 5.49. The second-order valence-electron chi connectivity index (χ2n) is 4.30. The SMILES string of the molecule is CCNCc1ccc(OCc2ccc(F)c(Br)c2)cn1. The molecule has 0 fully saturated rings. The van der Waals surface area contributed by atoms with Crippen molar-refractivity contribution in [1.29, 1.82) is 0 Å². The van der Waals surface area contributed by atoms with Crippen molar-refractivity contribution < 1.29 is 9.13 Å². The third-order valence-electron chi connectivity index (χ3n) is 2.74. The normalized spacial score (nSPS) is 10.6. The van der Waals surface area contributed by atoms with E-state index in [1.54, 1.807) is 18.3 Å². The van der Waals surface area contributed by atoms with E-state index in [4.69, 9.17) is 4.74 Å². The largest absolute Gasteiger partial charge is 0.487 e. The fourth-order valence-corrected chi connectivity index (χ4v) is 2.08. The van der Waals surface area contributed by atoms with Crippen molar-refractivity contribution in [3.8, 4) is 5.75 Å². The number of nitrogens with one attached hydrogen (secondary N) is 1. The van der Waals surface area contributed by atoms with Crippen molar-refractivity contribution in [2.45, 2.75) is 20.1 Å². The molecule has 106 valence electrons. The van der Waals surface area contributed by atoms with Crippen LogP contribution < -0.4 is 10.1 Å². The Bertz CT molecular complexity index is 560. The third kappa shape index (κ3) is 4.28. The molecule has 20 heavy (non-hydrogen) atoms. The Hall–Kier alpha value is -1.46. The van der Waals surface area contributed by atoms with Gasteiger partial charge in [-0.25, -0.2) is 4.39 Å². The molecule has 0 atom stereocenters. The van der Waals surface area contributed by atoms with E-state index in [-0.39, 0.29) is 5.82 Å². The first-order valence-corrected chi connectivity index (χ1v) is 7.20. The minimum Gasteiger partial charge on any atom is -0.487 e. The van der Waals surface area contributed by atoms with Crippen molar-refractivity contribution >= 4 is 15.9 Å². The average molecular weight is 339 g/mol. The van der Waals surface area contributed by atoms with Gasteiger partial charge in [-0.15, -0.1) is 0 Å². The summed E-state index contributed by atoms with van der Waals surface area (Å²) in [6.07, 6.45) is 1.70. The van der Waals surface area contributed by atoms with Crippen LogP contribution in [0.2, 0.25) is 0 Å². The van der Waals surface area contributed by atoms with E-state index in [0.29, 0.717) is 16.8 Å². The van der Waals surface area contributed by atoms with Crippen LogP contribution in [0.3, 0.4) is 0 Å². The molecule has 1 aromatic carbocycles. The van der Waals surface area contributed by atoms with Crippen LogP contribution in [0.4, 0.5) is 4.39 Å². The molecular formula is C15H16BrFN2O. The van der Waals surface area contributed by atoms with Crippen molar-refractivity contribution in [2.75, 3.05) is 6.54 Å². The molecule has 0 aliphatic carbocycles. The highest BCUT2D eigenvalue weighted by Gasteiger charge is 2.02. The summed E-state index contributed by atoms with van der Waals surface area (Å²) in [4.78, 5) is 4.30. The summed E-state index contributed by atoms with van der Waals surface area (Å²) in [6.45, 7) is 4.10. The summed E-state index contributed by atoms with van der Waals surface area (Å²) >= 11 is 3.16. The number of nitrogens with zero attached hydrogens (tertiary/aromatic N) is 1. The van der Waals surface area contributed by atoms with Gasteiger partial charge < -0.3 is 10.1 Å². The topological polar surface area (TPSA) is 34.1 Å². The number of aromatic nitrogens is 1. The van der Waals surface area contributed by atoms with Crippen LogP contribution in [-0.4, -0.2) is 11.5 Å². The summed E-state index contributed by atoms with van der Waals surface area (Å²) in [5.41, 5.74) is 1.87. The maximum atomic E-state index is 13.1. The molecule has 0 saturated heterocycles. The second-order valence-corrected chi connectivity index (χ2v) is 5.16. The highest BCUT2D eigenvalue weighted by atomic mass is 79.9. The zero-order valence-electron chi connectivity index (χ0n) is 11.2. The molecule has 1 heterocycles. The molecule has 0 aliphatic heterocycles. The van der Waals surface area contributed by atoms with Gasteiger partial charge in [0.1, 0.15) is 18.2 Å². The molecule has 2 aromatic rings. The zero-order valence-corrected chi connectivity index (χ0v) is 12.8. The zero-order chi connectivity index (χ0) is 14.4. The van der Waals surface area contributed by atoms with E-state index in [0.717, 1.165) is 24.3 Å². The van der Waals surface area contributed by atoms with Crippen molar-refractivity contribution in [3.63, 3.8) is 0 Å². The Morgan fingerprint density at radius 1 is 1.30 bits per heavy atom. The van der Waals surface area contributed by atoms with Gasteiger partial charge in [0.05, 0.1) is 16.4 Å². The van der Waals surface area contributed by atoms with Crippen LogP contribution in [-0.2, 0) is 13.2 Å². The van der Waals surface area contributed by atoms with Gasteiger partial charge in [-0.05, 0) is 52.3 Å². The number of rotatable bonds is 6. The Morgan fingerprint density at radius 2 is 2.15 bits per heavy atom. The quantitative estimate of drug-likeness (QED) is 0.872. The molecule has 0 saturated carbocycles. The first-order chi connectivity index (χ1) is 9.69. The lowest BCUT2D eigenvalue weighted by Crippen LogP contribution is -2.12. The minimum absolute atomic E-state index is 0.275. The lowest BCUT2D eigenvalue weighted by molar-refractivity contribution is 0.304. The smallest absolute Gasteiger partial charge is 0.138 e. The fraction of sp³-hybridized carbons (Fsp3) is 0.267. The fourth-order valence-electron chi connectivity index (χ4n) is 1.65. The van der Waals surface area contributed by atoms with Crippen LogP contribution in [0.15, 0.2) is 41.0 Å². The van der Waals surface area contributed by atoms with Gasteiger partial charge in [0.2, 0.25) is 0 Å². The minimum atomic E-state index is -0.275. The number of hydrogen-bond donors (Lipinski definition) is 1. The standard InChI is InChI=1S/C15H16BrFN2O/c1-2-18-8-12-4-5-13(9-19-12)20-10-11-3-6-15(17)14(16)7-11/h3-7,9,18H,2,8,10H2,1H3. The van der Waals surface area contributed by atoms with E-state index >= 15 is 0 Å². The monoisotopic (exact) mass is 338 g/mol. The van der Waals surface area contributed by atoms with Crippen LogP contribution >= 0.6 is 15.9 Å². The predicted molar refractivity (Wildman–Crippen MR) is 80.0 cm³/mol. The molecule has 0 amide bonds. The summed E-state index contributed by atoms with van der Waals surface area (Å²) in [5, 5.41) is 3.21. The second kappa shape index (κ2) is 7.36. The summed E-state index contributed by atoms with van der Waals surface area (Å²) < 4.78 is 19.2. The maximum absolute atomic E-state index is 13.1. The molecular weight excluding hydrogens is 323 g/mol. The molecule has 5 heteroatoms. The number of pyridine rings is 1. The molecule has 0 spiro atoms. The van der Waals surface area contributed by atoms with E-state index in [9.17, 15) is 4.39 Å². The maximum Gasteiger partial charge on any atom is 0.138 e.